The van der Waals surface area contributed by atoms with Crippen LogP contribution in [0, 0.1) is 0 Å². The molecule has 1 aromatic rings. The lowest BCUT2D eigenvalue weighted by Gasteiger charge is -2.69. The molecule has 2 bridgehead atoms. The minimum absolute atomic E-state index is 0. The fourth-order valence-corrected chi connectivity index (χ4v) is 3.48. The van der Waals surface area contributed by atoms with Gasteiger partial charge in [-0.05, 0) is 56.0 Å². The fraction of sp³-hybridized carbons (Fsp3) is 0.692. The predicted octanol–water partition coefficient (Wildman–Crippen LogP) is 3.22. The highest BCUT2D eigenvalue weighted by molar-refractivity contribution is 9.10. The van der Waals surface area contributed by atoms with Crippen LogP contribution in [0.25, 0.3) is 0 Å². The van der Waals surface area contributed by atoms with Gasteiger partial charge < -0.3 is 10.1 Å². The van der Waals surface area contributed by atoms with Gasteiger partial charge in [0.1, 0.15) is 5.60 Å². The zero-order valence-corrected chi connectivity index (χ0v) is 14.2. The number of rotatable bonds is 2. The van der Waals surface area contributed by atoms with Crippen molar-refractivity contribution in [1.82, 2.24) is 15.1 Å². The average molecular weight is 365 g/mol. The molecule has 0 atom stereocenters. The summed E-state index contributed by atoms with van der Waals surface area (Å²) in [5, 5.41) is 7.35. The van der Waals surface area contributed by atoms with Crippen molar-refractivity contribution in [3.8, 4) is 0 Å². The summed E-state index contributed by atoms with van der Waals surface area (Å²) in [6, 6.07) is 0. The van der Waals surface area contributed by atoms with Crippen molar-refractivity contribution >= 4 is 34.4 Å². The van der Waals surface area contributed by atoms with E-state index in [9.17, 15) is 4.79 Å². The highest BCUT2D eigenvalue weighted by atomic mass is 79.9. The van der Waals surface area contributed by atoms with Crippen LogP contribution in [0.2, 0.25) is 0 Å². The average Bonchev–Trinajstić information content (AvgIpc) is 2.52. The van der Waals surface area contributed by atoms with E-state index in [1.165, 1.54) is 0 Å². The number of alkyl carbamates (subject to hydrolysis) is 1. The van der Waals surface area contributed by atoms with Gasteiger partial charge in [0.15, 0.2) is 0 Å². The number of carbonyl (C=O) groups is 1. The molecule has 112 valence electrons. The van der Waals surface area contributed by atoms with E-state index in [1.54, 1.807) is 6.20 Å². The first kappa shape index (κ1) is 15.6. The molecule has 20 heavy (non-hydrogen) atoms. The quantitative estimate of drug-likeness (QED) is 0.876. The Hall–Kier alpha value is -0.750. The van der Waals surface area contributed by atoms with Gasteiger partial charge in [0.2, 0.25) is 0 Å². The van der Waals surface area contributed by atoms with Crippen LogP contribution in [0.4, 0.5) is 4.79 Å². The number of amides is 1. The Morgan fingerprint density at radius 2 is 2.05 bits per heavy atom. The second-order valence-electron chi connectivity index (χ2n) is 6.77. The summed E-state index contributed by atoms with van der Waals surface area (Å²) in [7, 11) is 0. The minimum atomic E-state index is -0.446. The predicted molar refractivity (Wildman–Crippen MR) is 81.1 cm³/mol. The fourth-order valence-electron chi connectivity index (χ4n) is 3.19. The highest BCUT2D eigenvalue weighted by Gasteiger charge is 2.70. The zero-order chi connectivity index (χ0) is 13.9. The Bertz CT molecular complexity index is 518. The summed E-state index contributed by atoms with van der Waals surface area (Å²) < 4.78 is 8.30. The molecule has 3 fully saturated rings. The summed E-state index contributed by atoms with van der Waals surface area (Å²) in [4.78, 5) is 11.8. The molecule has 0 aliphatic heterocycles. The molecule has 0 radical (unpaired) electrons. The molecule has 0 spiro atoms. The molecule has 7 heteroatoms. The van der Waals surface area contributed by atoms with E-state index >= 15 is 0 Å². The molecule has 1 N–H and O–H groups in total. The molecule has 3 saturated carbocycles. The lowest BCUT2D eigenvalue weighted by Crippen LogP contribution is -2.79. The van der Waals surface area contributed by atoms with Crippen molar-refractivity contribution in [3.63, 3.8) is 0 Å². The van der Waals surface area contributed by atoms with Crippen LogP contribution >= 0.6 is 28.3 Å². The van der Waals surface area contributed by atoms with Crippen molar-refractivity contribution in [1.29, 1.82) is 0 Å². The monoisotopic (exact) mass is 363 g/mol. The first-order chi connectivity index (χ1) is 8.72. The lowest BCUT2D eigenvalue weighted by molar-refractivity contribution is -0.143. The smallest absolute Gasteiger partial charge is 0.408 e. The Kier molecular flexibility index (Phi) is 3.62. The van der Waals surface area contributed by atoms with Crippen LogP contribution in [-0.4, -0.2) is 27.0 Å². The van der Waals surface area contributed by atoms with Gasteiger partial charge in [-0.1, -0.05) is 0 Å². The van der Waals surface area contributed by atoms with Gasteiger partial charge in [-0.25, -0.2) is 4.79 Å². The summed E-state index contributed by atoms with van der Waals surface area (Å²) in [6.07, 6.45) is 6.29. The maximum absolute atomic E-state index is 11.8. The van der Waals surface area contributed by atoms with Gasteiger partial charge in [0.25, 0.3) is 0 Å². The normalized spacial score (nSPS) is 30.6. The molecular formula is C13H19BrClN3O2. The molecule has 0 aromatic carbocycles. The van der Waals surface area contributed by atoms with Crippen LogP contribution in [-0.2, 0) is 10.3 Å². The number of nitrogens with zero attached hydrogens (tertiary/aromatic N) is 2. The standard InChI is InChI=1S/C13H18BrN3O2.ClH/c1-11(2,3)19-10(18)16-12-6-13(7-12,8-12)17-5-9(14)4-15-17;/h4-5H,6-8H2,1-3H3,(H,16,18);1H. The molecular weight excluding hydrogens is 346 g/mol. The topological polar surface area (TPSA) is 56.1 Å². The summed E-state index contributed by atoms with van der Waals surface area (Å²) in [5.41, 5.74) is -0.403. The molecule has 1 heterocycles. The number of carbonyl (C=O) groups excluding carboxylic acids is 1. The first-order valence-corrected chi connectivity index (χ1v) is 7.23. The van der Waals surface area contributed by atoms with Gasteiger partial charge in [-0.15, -0.1) is 12.4 Å². The van der Waals surface area contributed by atoms with E-state index in [0.717, 1.165) is 23.7 Å². The van der Waals surface area contributed by atoms with E-state index in [1.807, 2.05) is 31.6 Å². The second-order valence-corrected chi connectivity index (χ2v) is 7.68. The van der Waals surface area contributed by atoms with Crippen LogP contribution in [0.3, 0.4) is 0 Å². The van der Waals surface area contributed by atoms with Crippen molar-refractivity contribution in [2.45, 2.75) is 56.7 Å². The Balaban J connectivity index is 0.00000147. The summed E-state index contributed by atoms with van der Waals surface area (Å²) in [5.74, 6) is 0. The Morgan fingerprint density at radius 3 is 2.50 bits per heavy atom. The third-order valence-corrected chi connectivity index (χ3v) is 4.22. The van der Waals surface area contributed by atoms with E-state index in [0.29, 0.717) is 0 Å². The number of halogens is 2. The Morgan fingerprint density at radius 1 is 1.45 bits per heavy atom. The van der Waals surface area contributed by atoms with E-state index in [2.05, 4.69) is 26.3 Å². The molecule has 0 unspecified atom stereocenters. The van der Waals surface area contributed by atoms with Gasteiger partial charge in [0, 0.05) is 6.20 Å². The van der Waals surface area contributed by atoms with Crippen molar-refractivity contribution < 1.29 is 9.53 Å². The lowest BCUT2D eigenvalue weighted by atomic mass is 9.44. The Labute approximate surface area is 133 Å². The molecule has 3 aliphatic carbocycles. The third kappa shape index (κ3) is 2.55. The minimum Gasteiger partial charge on any atom is -0.444 e. The first-order valence-electron chi connectivity index (χ1n) is 6.44. The van der Waals surface area contributed by atoms with E-state index in [4.69, 9.17) is 4.74 Å². The van der Waals surface area contributed by atoms with Crippen molar-refractivity contribution in [2.24, 2.45) is 0 Å². The zero-order valence-electron chi connectivity index (χ0n) is 11.8. The van der Waals surface area contributed by atoms with Gasteiger partial charge in [-0.3, -0.25) is 4.68 Å². The van der Waals surface area contributed by atoms with Crippen molar-refractivity contribution in [2.75, 3.05) is 0 Å². The molecule has 1 aromatic heterocycles. The molecule has 4 rings (SSSR count). The van der Waals surface area contributed by atoms with Gasteiger partial charge in [-0.2, -0.15) is 5.10 Å². The van der Waals surface area contributed by atoms with Gasteiger partial charge >= 0.3 is 6.09 Å². The van der Waals surface area contributed by atoms with Crippen LogP contribution in [0.15, 0.2) is 16.9 Å². The maximum Gasteiger partial charge on any atom is 0.408 e. The third-order valence-electron chi connectivity index (χ3n) is 3.81. The SMILES string of the molecule is CC(C)(C)OC(=O)NC12CC(n3cc(Br)cn3)(C1)C2.Cl. The number of ether oxygens (including phenoxy) is 1. The molecule has 0 saturated heterocycles. The summed E-state index contributed by atoms with van der Waals surface area (Å²) >= 11 is 3.41. The number of hydrogen-bond donors (Lipinski definition) is 1. The highest BCUT2D eigenvalue weighted by Crippen LogP contribution is 2.65. The van der Waals surface area contributed by atoms with Gasteiger partial charge in [0.05, 0.1) is 21.7 Å². The van der Waals surface area contributed by atoms with Crippen molar-refractivity contribution in [3.05, 3.63) is 16.9 Å². The number of hydrogen-bond acceptors (Lipinski definition) is 3. The number of nitrogens with one attached hydrogen (secondary N) is 1. The second kappa shape index (κ2) is 4.63. The van der Waals surface area contributed by atoms with Crippen LogP contribution < -0.4 is 5.32 Å². The van der Waals surface area contributed by atoms with Crippen LogP contribution in [0.1, 0.15) is 40.0 Å². The molecule has 1 amide bonds. The maximum atomic E-state index is 11.8. The number of aromatic nitrogens is 2. The van der Waals surface area contributed by atoms with E-state index in [-0.39, 0.29) is 29.6 Å². The largest absolute Gasteiger partial charge is 0.444 e. The van der Waals surface area contributed by atoms with E-state index < -0.39 is 5.60 Å². The summed E-state index contributed by atoms with van der Waals surface area (Å²) in [6.45, 7) is 5.62. The van der Waals surface area contributed by atoms with Crippen LogP contribution in [0.5, 0.6) is 0 Å². The molecule has 3 aliphatic rings. The molecule has 5 nitrogen and oxygen atoms in total.